The summed E-state index contributed by atoms with van der Waals surface area (Å²) < 4.78 is 0. The van der Waals surface area contributed by atoms with Gasteiger partial charge in [0.1, 0.15) is 0 Å². The molecule has 1 aliphatic heterocycles. The highest BCUT2D eigenvalue weighted by atomic mass is 15.2. The average Bonchev–Trinajstić information content (AvgIpc) is 3.57. The van der Waals surface area contributed by atoms with Gasteiger partial charge in [0.15, 0.2) is 0 Å². The predicted octanol–water partition coefficient (Wildman–Crippen LogP) is 16.9. The summed E-state index contributed by atoms with van der Waals surface area (Å²) in [5.74, 6) is 0. The Morgan fingerprint density at radius 2 is 0.862 bits per heavy atom. The quantitative estimate of drug-likeness (QED) is 0.170. The van der Waals surface area contributed by atoms with Gasteiger partial charge in [0, 0.05) is 52.4 Å². The number of hydrogen-bond donors (Lipinski definition) is 0. The summed E-state index contributed by atoms with van der Waals surface area (Å²) in [4.78, 5) is 4.92. The normalized spacial score (nSPS) is 13.4. The van der Waals surface area contributed by atoms with E-state index in [4.69, 9.17) is 0 Å². The summed E-state index contributed by atoms with van der Waals surface area (Å²) in [7, 11) is 0. The zero-order valence-electron chi connectivity index (χ0n) is 36.7. The standard InChI is InChI=1S/C63H48N2/c1-63(2)59-41-46(45-30-29-43-17-9-10-18-44(43)37-45)31-34-57(59)58-36-33-54(42-60(58)63)64(51-22-5-3-6-23-51)53-32-35-56-50(40-53)39-49-21-13-16-28-62(49)65(52-24-7-4-8-25-52)61-27-15-12-20-48(61)38-47-19-11-14-26-55(47)56/h3-37,40-42H,38-39H2,1-2H3. The van der Waals surface area contributed by atoms with Crippen molar-refractivity contribution in [3.8, 4) is 33.4 Å². The third-order valence-electron chi connectivity index (χ3n) is 13.9. The lowest BCUT2D eigenvalue weighted by Crippen LogP contribution is -2.17. The van der Waals surface area contributed by atoms with Crippen molar-refractivity contribution in [2.24, 2.45) is 0 Å². The van der Waals surface area contributed by atoms with Crippen LogP contribution in [0.25, 0.3) is 44.2 Å². The lowest BCUT2D eigenvalue weighted by atomic mass is 9.81. The fourth-order valence-corrected chi connectivity index (χ4v) is 10.7. The number of fused-ring (bicyclic) bond motifs is 9. The molecule has 65 heavy (non-hydrogen) atoms. The molecule has 0 spiro atoms. The van der Waals surface area contributed by atoms with Gasteiger partial charge in [-0.1, -0.05) is 172 Å². The second-order valence-electron chi connectivity index (χ2n) is 18.1. The monoisotopic (exact) mass is 832 g/mol. The number of anilines is 6. The lowest BCUT2D eigenvalue weighted by molar-refractivity contribution is 0.660. The van der Waals surface area contributed by atoms with E-state index in [0.29, 0.717) is 0 Å². The molecule has 310 valence electrons. The Morgan fingerprint density at radius 3 is 1.60 bits per heavy atom. The minimum atomic E-state index is -0.202. The molecule has 0 fully saturated rings. The van der Waals surface area contributed by atoms with E-state index in [1.54, 1.807) is 0 Å². The van der Waals surface area contributed by atoms with Crippen LogP contribution in [0.2, 0.25) is 0 Å². The van der Waals surface area contributed by atoms with Crippen molar-refractivity contribution in [3.05, 3.63) is 264 Å². The summed E-state index contributed by atoms with van der Waals surface area (Å²) in [6.45, 7) is 4.79. The van der Waals surface area contributed by atoms with Gasteiger partial charge >= 0.3 is 0 Å². The number of hydrogen-bond acceptors (Lipinski definition) is 2. The van der Waals surface area contributed by atoms with Crippen LogP contribution in [0.1, 0.15) is 47.2 Å². The molecule has 2 nitrogen and oxygen atoms in total. The van der Waals surface area contributed by atoms with Crippen LogP contribution in [0.5, 0.6) is 0 Å². The molecular weight excluding hydrogens is 785 g/mol. The zero-order valence-corrected chi connectivity index (χ0v) is 36.7. The maximum Gasteiger partial charge on any atom is 0.0497 e. The van der Waals surface area contributed by atoms with Gasteiger partial charge in [-0.15, -0.1) is 0 Å². The van der Waals surface area contributed by atoms with Crippen LogP contribution in [-0.2, 0) is 18.3 Å². The van der Waals surface area contributed by atoms with Crippen LogP contribution in [0.4, 0.5) is 34.1 Å². The SMILES string of the molecule is CC1(C)c2cc(-c3ccc4ccccc4c3)ccc2-c2ccc(N(c3ccccc3)c3ccc4c(c3)Cc3ccccc3N(c3ccccc3)c3ccccc3Cc3ccccc3-4)cc21. The van der Waals surface area contributed by atoms with Crippen molar-refractivity contribution < 1.29 is 0 Å². The molecular formula is C63H48N2. The molecule has 12 rings (SSSR count). The van der Waals surface area contributed by atoms with Crippen LogP contribution < -0.4 is 9.80 Å². The molecule has 0 aromatic heterocycles. The van der Waals surface area contributed by atoms with E-state index in [0.717, 1.165) is 35.6 Å². The zero-order chi connectivity index (χ0) is 43.5. The third-order valence-corrected chi connectivity index (χ3v) is 13.9. The van der Waals surface area contributed by atoms with Crippen LogP contribution in [0.3, 0.4) is 0 Å². The Balaban J connectivity index is 0.999. The Labute approximate surface area is 382 Å². The van der Waals surface area contributed by atoms with Crippen LogP contribution in [0, 0.1) is 0 Å². The van der Waals surface area contributed by atoms with E-state index >= 15 is 0 Å². The first-order valence-corrected chi connectivity index (χ1v) is 22.8. The molecule has 1 heterocycles. The van der Waals surface area contributed by atoms with Crippen molar-refractivity contribution >= 4 is 44.9 Å². The largest absolute Gasteiger partial charge is 0.310 e. The minimum absolute atomic E-state index is 0.202. The number of nitrogens with zero attached hydrogens (tertiary/aromatic N) is 2. The highest BCUT2D eigenvalue weighted by molar-refractivity contribution is 5.91. The fraction of sp³-hybridized carbons (Fsp3) is 0.0794. The van der Waals surface area contributed by atoms with Gasteiger partial charge in [-0.3, -0.25) is 0 Å². The second kappa shape index (κ2) is 15.7. The molecule has 1 aliphatic carbocycles. The van der Waals surface area contributed by atoms with Gasteiger partial charge in [0.25, 0.3) is 0 Å². The molecule has 0 saturated heterocycles. The molecule has 0 bridgehead atoms. The third kappa shape index (κ3) is 6.73. The first-order chi connectivity index (χ1) is 32.0. The van der Waals surface area contributed by atoms with Crippen molar-refractivity contribution in [2.45, 2.75) is 32.1 Å². The van der Waals surface area contributed by atoms with Crippen molar-refractivity contribution in [1.29, 1.82) is 0 Å². The Hall–Kier alpha value is -7.94. The maximum atomic E-state index is 2.47. The van der Waals surface area contributed by atoms with E-state index in [9.17, 15) is 0 Å². The number of para-hydroxylation sites is 4. The van der Waals surface area contributed by atoms with Crippen molar-refractivity contribution in [1.82, 2.24) is 0 Å². The fourth-order valence-electron chi connectivity index (χ4n) is 10.7. The Kier molecular flexibility index (Phi) is 9.35. The van der Waals surface area contributed by atoms with Crippen LogP contribution in [-0.4, -0.2) is 0 Å². The van der Waals surface area contributed by atoms with E-state index in [-0.39, 0.29) is 5.41 Å². The molecule has 0 amide bonds. The summed E-state index contributed by atoms with van der Waals surface area (Å²) in [6.07, 6.45) is 1.57. The van der Waals surface area contributed by atoms with E-state index < -0.39 is 0 Å². The Morgan fingerprint density at radius 1 is 0.354 bits per heavy atom. The summed E-state index contributed by atoms with van der Waals surface area (Å²) in [6, 6.07) is 85.5. The van der Waals surface area contributed by atoms with Crippen molar-refractivity contribution in [2.75, 3.05) is 9.80 Å². The van der Waals surface area contributed by atoms with Crippen molar-refractivity contribution in [3.63, 3.8) is 0 Å². The van der Waals surface area contributed by atoms with Gasteiger partial charge < -0.3 is 9.80 Å². The predicted molar refractivity (Wildman–Crippen MR) is 274 cm³/mol. The smallest absolute Gasteiger partial charge is 0.0497 e. The first kappa shape index (κ1) is 38.7. The molecule has 10 aromatic carbocycles. The molecule has 0 atom stereocenters. The summed E-state index contributed by atoms with van der Waals surface area (Å²) >= 11 is 0. The van der Waals surface area contributed by atoms with Gasteiger partial charge in [-0.05, 0) is 150 Å². The molecule has 0 radical (unpaired) electrons. The highest BCUT2D eigenvalue weighted by Gasteiger charge is 2.36. The maximum absolute atomic E-state index is 2.47. The van der Waals surface area contributed by atoms with Crippen LogP contribution >= 0.6 is 0 Å². The molecule has 0 saturated carbocycles. The summed E-state index contributed by atoms with van der Waals surface area (Å²) in [5.41, 5.74) is 22.3. The van der Waals surface area contributed by atoms with E-state index in [2.05, 4.69) is 254 Å². The molecule has 2 aliphatic rings. The molecule has 0 unspecified atom stereocenters. The second-order valence-corrected chi connectivity index (χ2v) is 18.1. The molecule has 0 N–H and O–H groups in total. The highest BCUT2D eigenvalue weighted by Crippen LogP contribution is 2.52. The Bertz CT molecular complexity index is 3420. The van der Waals surface area contributed by atoms with E-state index in [1.807, 2.05) is 0 Å². The van der Waals surface area contributed by atoms with Gasteiger partial charge in [0.2, 0.25) is 0 Å². The average molecular weight is 833 g/mol. The van der Waals surface area contributed by atoms with Crippen LogP contribution in [0.15, 0.2) is 231 Å². The minimum Gasteiger partial charge on any atom is -0.310 e. The summed E-state index contributed by atoms with van der Waals surface area (Å²) in [5, 5.41) is 2.53. The van der Waals surface area contributed by atoms with E-state index in [1.165, 1.54) is 88.9 Å². The molecule has 2 heteroatoms. The lowest BCUT2D eigenvalue weighted by Gasteiger charge is -2.30. The van der Waals surface area contributed by atoms with Gasteiger partial charge in [-0.25, -0.2) is 0 Å². The topological polar surface area (TPSA) is 6.48 Å². The van der Waals surface area contributed by atoms with Gasteiger partial charge in [-0.2, -0.15) is 0 Å². The number of benzene rings is 10. The first-order valence-electron chi connectivity index (χ1n) is 22.8. The van der Waals surface area contributed by atoms with Gasteiger partial charge in [0.05, 0.1) is 0 Å². The number of rotatable bonds is 5. The molecule has 10 aromatic rings.